The molecule has 0 radical (unpaired) electrons. The zero-order valence-corrected chi connectivity index (χ0v) is 11.5. The second-order valence-corrected chi connectivity index (χ2v) is 7.52. The molecule has 0 aliphatic carbocycles. The third-order valence-electron chi connectivity index (χ3n) is 2.90. The zero-order valence-electron chi connectivity index (χ0n) is 9.31. The van der Waals surface area contributed by atoms with Crippen LogP contribution < -0.4 is 21.5 Å². The van der Waals surface area contributed by atoms with Crippen molar-refractivity contribution in [1.82, 2.24) is 8.01 Å². The average molecular weight is 297 g/mol. The minimum absolute atomic E-state index is 0.331. The molecule has 1 atom stereocenters. The maximum absolute atomic E-state index is 2.56. The molecule has 0 aromatic heterocycles. The number of nitrogens with zero attached hydrogens (tertiary/aromatic N) is 2. The van der Waals surface area contributed by atoms with Gasteiger partial charge in [0.05, 0.1) is 0 Å². The molecule has 0 amide bonds. The summed E-state index contributed by atoms with van der Waals surface area (Å²) in [6.45, 7) is 4.98. The van der Waals surface area contributed by atoms with Gasteiger partial charge in [-0.1, -0.05) is 0 Å². The van der Waals surface area contributed by atoms with Gasteiger partial charge in [0.1, 0.15) is 0 Å². The molecule has 0 spiro atoms. The third kappa shape index (κ3) is 3.36. The van der Waals surface area contributed by atoms with Gasteiger partial charge in [0.2, 0.25) is 0 Å². The monoisotopic (exact) mass is 297 g/mol. The molecule has 0 saturated carbocycles. The molecule has 1 aliphatic heterocycles. The van der Waals surface area contributed by atoms with Gasteiger partial charge < -0.3 is 0 Å². The van der Waals surface area contributed by atoms with Crippen LogP contribution in [0.2, 0.25) is 0 Å². The quantitative estimate of drug-likeness (QED) is 0.348. The molecule has 1 saturated heterocycles. The predicted molar refractivity (Wildman–Crippen MR) is 53.4 cm³/mol. The summed E-state index contributed by atoms with van der Waals surface area (Å²) in [6, 6.07) is 0. The Morgan fingerprint density at radius 3 is 2.54 bits per heavy atom. The summed E-state index contributed by atoms with van der Waals surface area (Å²) >= 11 is 0.331. The van der Waals surface area contributed by atoms with E-state index in [1.807, 2.05) is 0 Å². The van der Waals surface area contributed by atoms with Crippen molar-refractivity contribution in [3.8, 4) is 0 Å². The molecular weight excluding hydrogens is 275 g/mol. The molecule has 0 aromatic carbocycles. The van der Waals surface area contributed by atoms with Gasteiger partial charge in [-0.2, -0.15) is 0 Å². The van der Waals surface area contributed by atoms with Crippen LogP contribution in [0.25, 0.3) is 0 Å². The average Bonchev–Trinajstić information content (AvgIpc) is 2.09. The molecular formula is C10H22IN2-. The molecule has 0 aromatic rings. The van der Waals surface area contributed by atoms with Crippen LogP contribution in [0.15, 0.2) is 0 Å². The maximum atomic E-state index is 2.56. The number of alkyl halides is 1. The fourth-order valence-electron chi connectivity index (χ4n) is 1.92. The zero-order chi connectivity index (χ0) is 9.90. The van der Waals surface area contributed by atoms with Crippen molar-refractivity contribution in [2.24, 2.45) is 5.41 Å². The van der Waals surface area contributed by atoms with Crippen molar-refractivity contribution in [1.29, 1.82) is 0 Å². The summed E-state index contributed by atoms with van der Waals surface area (Å²) < 4.78 is 4.04. The van der Waals surface area contributed by atoms with E-state index in [-0.39, 0.29) is 0 Å². The summed E-state index contributed by atoms with van der Waals surface area (Å²) in [7, 11) is 6.69. The van der Waals surface area contributed by atoms with Crippen LogP contribution in [0.1, 0.15) is 19.8 Å². The summed E-state index contributed by atoms with van der Waals surface area (Å²) in [5.74, 6) is 0. The van der Waals surface area contributed by atoms with Crippen LogP contribution in [0, 0.1) is 5.41 Å². The SMILES string of the molecule is CCC1(CN(C)C)CCN(C)[I-]C1. The van der Waals surface area contributed by atoms with E-state index in [1.54, 1.807) is 0 Å². The first-order valence-electron chi connectivity index (χ1n) is 5.03. The minimum atomic E-state index is 0.331. The van der Waals surface area contributed by atoms with Gasteiger partial charge in [0.25, 0.3) is 0 Å². The molecule has 1 heterocycles. The summed E-state index contributed by atoms with van der Waals surface area (Å²) in [5, 5.41) is 0. The first-order chi connectivity index (χ1) is 6.08. The number of rotatable bonds is 3. The normalized spacial score (nSPS) is 31.8. The fourth-order valence-corrected chi connectivity index (χ4v) is 4.97. The molecule has 13 heavy (non-hydrogen) atoms. The molecule has 0 bridgehead atoms. The Morgan fingerprint density at radius 1 is 1.46 bits per heavy atom. The molecule has 80 valence electrons. The van der Waals surface area contributed by atoms with Crippen LogP contribution >= 0.6 is 0 Å². The van der Waals surface area contributed by atoms with Crippen molar-refractivity contribution in [3.63, 3.8) is 0 Å². The van der Waals surface area contributed by atoms with Crippen LogP contribution in [0.5, 0.6) is 0 Å². The first-order valence-corrected chi connectivity index (χ1v) is 7.52. The first kappa shape index (κ1) is 11.7. The predicted octanol–water partition coefficient (Wildman–Crippen LogP) is -1.72. The van der Waals surface area contributed by atoms with E-state index >= 15 is 0 Å². The summed E-state index contributed by atoms with van der Waals surface area (Å²) in [5.41, 5.74) is 0.656. The third-order valence-corrected chi connectivity index (χ3v) is 6.51. The van der Waals surface area contributed by atoms with Crippen molar-refractivity contribution < 1.29 is 21.5 Å². The van der Waals surface area contributed by atoms with Gasteiger partial charge in [-0.3, -0.25) is 0 Å². The van der Waals surface area contributed by atoms with Gasteiger partial charge in [-0.05, 0) is 0 Å². The van der Waals surface area contributed by atoms with Crippen LogP contribution in [-0.2, 0) is 0 Å². The Morgan fingerprint density at radius 2 is 2.15 bits per heavy atom. The van der Waals surface area contributed by atoms with Crippen molar-refractivity contribution in [2.75, 3.05) is 38.7 Å². The summed E-state index contributed by atoms with van der Waals surface area (Å²) in [4.78, 5) is 2.36. The molecule has 2 nitrogen and oxygen atoms in total. The Bertz CT molecular complexity index is 151. The summed E-state index contributed by atoms with van der Waals surface area (Å²) in [6.07, 6.45) is 2.76. The molecule has 1 rings (SSSR count). The van der Waals surface area contributed by atoms with Crippen molar-refractivity contribution in [2.45, 2.75) is 19.8 Å². The fraction of sp³-hybridized carbons (Fsp3) is 1.00. The van der Waals surface area contributed by atoms with E-state index in [0.29, 0.717) is 26.9 Å². The van der Waals surface area contributed by atoms with E-state index in [2.05, 4.69) is 36.1 Å². The van der Waals surface area contributed by atoms with E-state index in [9.17, 15) is 0 Å². The molecule has 3 heteroatoms. The molecule has 0 N–H and O–H groups in total. The van der Waals surface area contributed by atoms with Gasteiger partial charge in [0, 0.05) is 0 Å². The van der Waals surface area contributed by atoms with Gasteiger partial charge in [-0.25, -0.2) is 0 Å². The van der Waals surface area contributed by atoms with E-state index in [4.69, 9.17) is 0 Å². The molecule has 1 fully saturated rings. The second-order valence-electron chi connectivity index (χ2n) is 4.42. The van der Waals surface area contributed by atoms with Gasteiger partial charge >= 0.3 is 93.3 Å². The molecule has 1 aliphatic rings. The standard InChI is InChI=1S/C10H22IN2/c1-5-10(9-12(2)3)6-7-13(4)11-8-10/h5-9H2,1-4H3/q-1. The van der Waals surface area contributed by atoms with Crippen molar-refractivity contribution >= 4 is 0 Å². The van der Waals surface area contributed by atoms with Crippen LogP contribution in [0.4, 0.5) is 0 Å². The van der Waals surface area contributed by atoms with E-state index in [1.165, 1.54) is 30.4 Å². The number of halogens is 1. The molecule has 1 unspecified atom stereocenters. The van der Waals surface area contributed by atoms with E-state index in [0.717, 1.165) is 0 Å². The Kier molecular flexibility index (Phi) is 4.45. The van der Waals surface area contributed by atoms with Crippen LogP contribution in [-0.4, -0.2) is 46.7 Å². The second kappa shape index (κ2) is 4.94. The van der Waals surface area contributed by atoms with Crippen LogP contribution in [0.3, 0.4) is 0 Å². The van der Waals surface area contributed by atoms with Gasteiger partial charge in [0.15, 0.2) is 0 Å². The Hall–Kier alpha value is 0.650. The number of hydrogen-bond donors (Lipinski definition) is 0. The number of hydrogen-bond acceptors (Lipinski definition) is 2. The van der Waals surface area contributed by atoms with Gasteiger partial charge in [-0.15, -0.1) is 0 Å². The van der Waals surface area contributed by atoms with E-state index < -0.39 is 0 Å². The Balaban J connectivity index is 2.50. The topological polar surface area (TPSA) is 6.48 Å². The van der Waals surface area contributed by atoms with Crippen molar-refractivity contribution in [3.05, 3.63) is 0 Å². The Labute approximate surface area is 93.3 Å².